The van der Waals surface area contributed by atoms with E-state index in [2.05, 4.69) is 4.72 Å². The molecule has 8 heteroatoms. The fraction of sp³-hybridized carbons (Fsp3) is 0.500. The van der Waals surface area contributed by atoms with Crippen molar-refractivity contribution in [2.45, 2.75) is 38.7 Å². The molecule has 1 rings (SSSR count). The highest BCUT2D eigenvalue weighted by atomic mass is 32.2. The molecule has 2 N–H and O–H groups in total. The van der Waals surface area contributed by atoms with Crippen LogP contribution in [0.25, 0.3) is 0 Å². The maximum atomic E-state index is 12.2. The Morgan fingerprint density at radius 2 is 1.90 bits per heavy atom. The highest BCUT2D eigenvalue weighted by Crippen LogP contribution is 2.31. The van der Waals surface area contributed by atoms with Gasteiger partial charge in [0.05, 0.1) is 15.9 Å². The number of benzene rings is 1. The van der Waals surface area contributed by atoms with Gasteiger partial charge in [0.25, 0.3) is 5.69 Å². The van der Waals surface area contributed by atoms with Gasteiger partial charge in [0.15, 0.2) is 0 Å². The van der Waals surface area contributed by atoms with E-state index in [9.17, 15) is 18.5 Å². The Hall–Kier alpha value is -1.51. The average Bonchev–Trinajstić information content (AvgIpc) is 2.24. The molecule has 20 heavy (non-hydrogen) atoms. The molecule has 0 saturated heterocycles. The highest BCUT2D eigenvalue weighted by Gasteiger charge is 2.27. The minimum atomic E-state index is -3.90. The average molecular weight is 302 g/mol. The van der Waals surface area contributed by atoms with Crippen LogP contribution in [0.1, 0.15) is 23.6 Å². The molecule has 0 heterocycles. The monoisotopic (exact) mass is 302 g/mol. The van der Waals surface area contributed by atoms with E-state index < -0.39 is 21.1 Å². The van der Waals surface area contributed by atoms with Crippen molar-refractivity contribution in [3.8, 4) is 0 Å². The van der Waals surface area contributed by atoms with Crippen molar-refractivity contribution in [3.63, 3.8) is 0 Å². The lowest BCUT2D eigenvalue weighted by molar-refractivity contribution is -0.386. The lowest BCUT2D eigenvalue weighted by Crippen LogP contribution is -2.31. The third-order valence-electron chi connectivity index (χ3n) is 2.88. The summed E-state index contributed by atoms with van der Waals surface area (Å²) in [5, 5.41) is 20.2. The zero-order valence-corrected chi connectivity index (χ0v) is 12.6. The largest absolute Gasteiger partial charge is 0.392 e. The molecule has 0 saturated carbocycles. The van der Waals surface area contributed by atoms with E-state index in [1.807, 2.05) is 0 Å². The Morgan fingerprint density at radius 3 is 2.35 bits per heavy atom. The molecule has 112 valence electrons. The van der Waals surface area contributed by atoms with Gasteiger partial charge in [-0.15, -0.1) is 0 Å². The molecule has 0 bridgehead atoms. The van der Waals surface area contributed by atoms with E-state index in [0.29, 0.717) is 11.1 Å². The van der Waals surface area contributed by atoms with Crippen molar-refractivity contribution in [1.82, 2.24) is 4.72 Å². The van der Waals surface area contributed by atoms with Crippen LogP contribution < -0.4 is 4.72 Å². The molecule has 0 amide bonds. The van der Waals surface area contributed by atoms with Gasteiger partial charge < -0.3 is 5.11 Å². The zero-order chi connectivity index (χ0) is 15.7. The molecule has 1 aromatic rings. The second-order valence-corrected chi connectivity index (χ2v) is 6.47. The van der Waals surface area contributed by atoms with Crippen LogP contribution in [0.3, 0.4) is 0 Å². The minimum Gasteiger partial charge on any atom is -0.392 e. The van der Waals surface area contributed by atoms with Crippen LogP contribution in [-0.2, 0) is 10.0 Å². The standard InChI is InChI=1S/C12H18N2O5S/c1-7-5-8(2)12(10(4)11(7)14(16)17)20(18,19)13-6-9(3)15/h5,9,13,15H,6H2,1-4H3/t9-/m1/s1. The summed E-state index contributed by atoms with van der Waals surface area (Å²) >= 11 is 0. The second-order valence-electron chi connectivity index (χ2n) is 4.77. The molecule has 0 aliphatic heterocycles. The number of hydrogen-bond donors (Lipinski definition) is 2. The topological polar surface area (TPSA) is 110 Å². The molecule has 0 aliphatic rings. The van der Waals surface area contributed by atoms with E-state index >= 15 is 0 Å². The molecule has 0 aromatic heterocycles. The van der Waals surface area contributed by atoms with Gasteiger partial charge in [0.1, 0.15) is 0 Å². The van der Waals surface area contributed by atoms with Crippen LogP contribution in [0.4, 0.5) is 5.69 Å². The Bertz CT molecular complexity index is 638. The number of nitrogens with one attached hydrogen (secondary N) is 1. The molecule has 0 fully saturated rings. The van der Waals surface area contributed by atoms with Gasteiger partial charge in [-0.1, -0.05) is 0 Å². The van der Waals surface area contributed by atoms with Crippen molar-refractivity contribution >= 4 is 15.7 Å². The number of aliphatic hydroxyl groups excluding tert-OH is 1. The third kappa shape index (κ3) is 3.33. The van der Waals surface area contributed by atoms with Crippen LogP contribution in [0.15, 0.2) is 11.0 Å². The SMILES string of the molecule is Cc1cc(C)c(S(=O)(=O)NC[C@@H](C)O)c(C)c1[N+](=O)[O-]. The molecule has 7 nitrogen and oxygen atoms in total. The summed E-state index contributed by atoms with van der Waals surface area (Å²) in [6, 6.07) is 1.47. The summed E-state index contributed by atoms with van der Waals surface area (Å²) < 4.78 is 26.7. The Morgan fingerprint density at radius 1 is 1.35 bits per heavy atom. The van der Waals surface area contributed by atoms with E-state index in [1.165, 1.54) is 19.9 Å². The Labute approximate surface area is 117 Å². The number of nitrogens with zero attached hydrogens (tertiary/aromatic N) is 1. The maximum Gasteiger partial charge on any atom is 0.276 e. The van der Waals surface area contributed by atoms with E-state index in [1.54, 1.807) is 13.8 Å². The van der Waals surface area contributed by atoms with E-state index in [-0.39, 0.29) is 22.7 Å². The molecule has 1 atom stereocenters. The molecular formula is C12H18N2O5S. The number of nitro groups is 1. The van der Waals surface area contributed by atoms with Crippen molar-refractivity contribution in [1.29, 1.82) is 0 Å². The van der Waals surface area contributed by atoms with E-state index in [4.69, 9.17) is 5.11 Å². The summed E-state index contributed by atoms with van der Waals surface area (Å²) in [6.45, 7) is 5.86. The van der Waals surface area contributed by atoms with Gasteiger partial charge in [0, 0.05) is 17.7 Å². The molecule has 0 radical (unpaired) electrons. The lowest BCUT2D eigenvalue weighted by Gasteiger charge is -2.14. The predicted molar refractivity (Wildman–Crippen MR) is 74.2 cm³/mol. The normalized spacial score (nSPS) is 13.2. The number of nitro benzene ring substituents is 1. The fourth-order valence-corrected chi connectivity index (χ4v) is 3.74. The number of aryl methyl sites for hydroxylation is 2. The number of hydrogen-bond acceptors (Lipinski definition) is 5. The van der Waals surface area contributed by atoms with Crippen LogP contribution in [0.2, 0.25) is 0 Å². The van der Waals surface area contributed by atoms with Gasteiger partial charge in [-0.05, 0) is 39.3 Å². The fourth-order valence-electron chi connectivity index (χ4n) is 2.15. The van der Waals surface area contributed by atoms with Crippen LogP contribution in [0.5, 0.6) is 0 Å². The smallest absolute Gasteiger partial charge is 0.276 e. The predicted octanol–water partition coefficient (Wildman–Crippen LogP) is 1.18. The second kappa shape index (κ2) is 5.86. The van der Waals surface area contributed by atoms with Gasteiger partial charge in [0.2, 0.25) is 10.0 Å². The van der Waals surface area contributed by atoms with Crippen molar-refractivity contribution < 1.29 is 18.4 Å². The van der Waals surface area contributed by atoms with Gasteiger partial charge >= 0.3 is 0 Å². The number of aliphatic hydroxyl groups is 1. The molecule has 0 spiro atoms. The highest BCUT2D eigenvalue weighted by molar-refractivity contribution is 7.89. The van der Waals surface area contributed by atoms with Crippen LogP contribution >= 0.6 is 0 Å². The molecule has 0 aliphatic carbocycles. The van der Waals surface area contributed by atoms with Crippen molar-refractivity contribution in [3.05, 3.63) is 32.9 Å². The van der Waals surface area contributed by atoms with Gasteiger partial charge in [-0.25, -0.2) is 13.1 Å². The molecule has 1 aromatic carbocycles. The van der Waals surface area contributed by atoms with Crippen LogP contribution in [-0.4, -0.2) is 31.1 Å². The maximum absolute atomic E-state index is 12.2. The zero-order valence-electron chi connectivity index (χ0n) is 11.8. The summed E-state index contributed by atoms with van der Waals surface area (Å²) in [5.74, 6) is 0. The van der Waals surface area contributed by atoms with Gasteiger partial charge in [-0.2, -0.15) is 0 Å². The first kappa shape index (κ1) is 16.5. The van der Waals surface area contributed by atoms with Gasteiger partial charge in [-0.3, -0.25) is 10.1 Å². The Balaban J connectivity index is 3.46. The van der Waals surface area contributed by atoms with Crippen LogP contribution in [0, 0.1) is 30.9 Å². The third-order valence-corrected chi connectivity index (χ3v) is 4.59. The summed E-state index contributed by atoms with van der Waals surface area (Å²) in [7, 11) is -3.90. The number of rotatable bonds is 5. The first-order chi connectivity index (χ1) is 9.08. The van der Waals surface area contributed by atoms with Crippen molar-refractivity contribution in [2.75, 3.05) is 6.54 Å². The van der Waals surface area contributed by atoms with E-state index in [0.717, 1.165) is 0 Å². The molecular weight excluding hydrogens is 284 g/mol. The van der Waals surface area contributed by atoms with Crippen molar-refractivity contribution in [2.24, 2.45) is 0 Å². The Kier molecular flexibility index (Phi) is 4.85. The number of sulfonamides is 1. The molecule has 0 unspecified atom stereocenters. The lowest BCUT2D eigenvalue weighted by atomic mass is 10.1. The first-order valence-electron chi connectivity index (χ1n) is 6.01. The quantitative estimate of drug-likeness (QED) is 0.627. The summed E-state index contributed by atoms with van der Waals surface area (Å²) in [4.78, 5) is 10.4. The summed E-state index contributed by atoms with van der Waals surface area (Å²) in [6.07, 6.45) is -0.842. The summed E-state index contributed by atoms with van der Waals surface area (Å²) in [5.41, 5.74) is 0.752. The first-order valence-corrected chi connectivity index (χ1v) is 7.49. The minimum absolute atomic E-state index is 0.101.